The molecule has 7 nitrogen and oxygen atoms in total. The third kappa shape index (κ3) is 20.2. The molecule has 0 fully saturated rings. The Morgan fingerprint density at radius 2 is 1.17 bits per heavy atom. The van der Waals surface area contributed by atoms with Crippen molar-refractivity contribution in [3.63, 3.8) is 0 Å². The summed E-state index contributed by atoms with van der Waals surface area (Å²) in [5.74, 6) is -1.80. The summed E-state index contributed by atoms with van der Waals surface area (Å²) in [5, 5.41) is 8.85. The maximum atomic E-state index is 12.3. The normalized spacial score (nSPS) is 14.3. The first-order chi connectivity index (χ1) is 15.9. The fraction of sp³-hybridized carbons (Fsp3) is 0.833. The number of carboxylic acid groups (broad SMARTS) is 1. The Labute approximate surface area is 218 Å². The van der Waals surface area contributed by atoms with Crippen LogP contribution in [0.5, 0.6) is 0 Å². The largest absolute Gasteiger partial charge is 0.478 e. The fourth-order valence-corrected chi connectivity index (χ4v) is 18.4. The highest BCUT2D eigenvalue weighted by Gasteiger charge is 2.50. The minimum absolute atomic E-state index is 0.334. The third-order valence-electron chi connectivity index (χ3n) is 4.68. The summed E-state index contributed by atoms with van der Waals surface area (Å²) < 4.78 is 26.0. The Hall–Kier alpha value is -0.572. The molecule has 0 aliphatic heterocycles. The monoisotopic (exact) mass is 564 g/mol. The zero-order chi connectivity index (χ0) is 27.3. The van der Waals surface area contributed by atoms with E-state index in [1.165, 1.54) is 25.7 Å². The summed E-state index contributed by atoms with van der Waals surface area (Å²) in [4.78, 5) is 23.1. The second kappa shape index (κ2) is 15.6. The van der Waals surface area contributed by atoms with Crippen molar-refractivity contribution in [2.75, 3.05) is 0 Å². The molecule has 0 heterocycles. The quantitative estimate of drug-likeness (QED) is 0.0769. The molecule has 0 amide bonds. The van der Waals surface area contributed by atoms with E-state index < -0.39 is 45.7 Å². The van der Waals surface area contributed by atoms with Crippen molar-refractivity contribution in [3.05, 3.63) is 12.2 Å². The number of carbonyl (C=O) groups excluding carboxylic acids is 1. The number of rotatable bonds is 19. The molecular weight excluding hydrogens is 513 g/mol. The highest BCUT2D eigenvalue weighted by Crippen LogP contribution is 2.31. The molecule has 0 spiro atoms. The van der Waals surface area contributed by atoms with Crippen molar-refractivity contribution >= 4 is 45.7 Å². The number of hydrogen-bond donors (Lipinski definition) is 1. The van der Waals surface area contributed by atoms with Crippen molar-refractivity contribution < 1.29 is 31.8 Å². The fourth-order valence-electron chi connectivity index (χ4n) is 3.71. The van der Waals surface area contributed by atoms with Gasteiger partial charge < -0.3 is 22.2 Å². The van der Waals surface area contributed by atoms with E-state index >= 15 is 0 Å². The van der Waals surface area contributed by atoms with E-state index in [0.717, 1.165) is 31.4 Å². The Kier molecular flexibility index (Phi) is 15.4. The van der Waals surface area contributed by atoms with Gasteiger partial charge in [0.1, 0.15) is 6.10 Å². The molecule has 11 heteroatoms. The highest BCUT2D eigenvalue weighted by molar-refractivity contribution is 6.90. The molecule has 0 aromatic carbocycles. The molecule has 1 atom stereocenters. The smallest absolute Gasteiger partial charge is 0.469 e. The number of aliphatic carboxylic acids is 1. The predicted octanol–water partition coefficient (Wildman–Crippen LogP) is 7.17. The minimum Gasteiger partial charge on any atom is -0.478 e. The molecule has 0 aliphatic rings. The summed E-state index contributed by atoms with van der Waals surface area (Å²) in [6.45, 7) is 21.6. The summed E-state index contributed by atoms with van der Waals surface area (Å²) in [6.07, 6.45) is 9.65. The van der Waals surface area contributed by atoms with Crippen LogP contribution in [0.25, 0.3) is 0 Å². The van der Waals surface area contributed by atoms with E-state index in [9.17, 15) is 9.59 Å². The Morgan fingerprint density at radius 3 is 1.60 bits per heavy atom. The van der Waals surface area contributed by atoms with Gasteiger partial charge in [0.2, 0.25) is 0 Å². The van der Waals surface area contributed by atoms with Gasteiger partial charge in [-0.25, -0.2) is 9.59 Å². The Bertz CT molecular complexity index is 623. The maximum Gasteiger partial charge on any atom is 0.469 e. The molecule has 0 aromatic rings. The average molecular weight is 565 g/mol. The number of hydrogen-bond acceptors (Lipinski definition) is 6. The molecule has 35 heavy (non-hydrogen) atoms. The number of ether oxygens (including phenoxy) is 1. The van der Waals surface area contributed by atoms with E-state index in [1.54, 1.807) is 0 Å². The van der Waals surface area contributed by atoms with Gasteiger partial charge in [-0.15, -0.1) is 0 Å². The van der Waals surface area contributed by atoms with E-state index in [-0.39, 0.29) is 6.10 Å². The summed E-state index contributed by atoms with van der Waals surface area (Å²) in [6, 6.07) is 0.586. The van der Waals surface area contributed by atoms with Crippen LogP contribution in [-0.4, -0.2) is 56.9 Å². The lowest BCUT2D eigenvalue weighted by Crippen LogP contribution is -2.60. The average Bonchev–Trinajstić information content (AvgIpc) is 2.62. The molecule has 0 radical (unpaired) electrons. The summed E-state index contributed by atoms with van der Waals surface area (Å²) >= 11 is 0. The van der Waals surface area contributed by atoms with Crippen LogP contribution >= 0.6 is 0 Å². The van der Waals surface area contributed by atoms with E-state index in [0.29, 0.717) is 12.5 Å². The molecule has 0 aromatic heterocycles. The first kappa shape index (κ1) is 34.4. The zero-order valence-electron chi connectivity index (χ0n) is 24.0. The Balaban J connectivity index is 5.70. The molecule has 0 aliphatic carbocycles. The lowest BCUT2D eigenvalue weighted by Gasteiger charge is -2.43. The molecule has 206 valence electrons. The van der Waals surface area contributed by atoms with Crippen LogP contribution in [0.15, 0.2) is 12.2 Å². The van der Waals surface area contributed by atoms with E-state index in [1.807, 2.05) is 0 Å². The maximum absolute atomic E-state index is 12.3. The SMILES string of the molecule is CCCCCCCCC(CC[Si](O[Si](C)(C)C)(O[Si](C)(C)C)O[Si](C)(C)C)OC(=O)C=CC(=O)O. The van der Waals surface area contributed by atoms with Crippen LogP contribution in [0.3, 0.4) is 0 Å². The van der Waals surface area contributed by atoms with Gasteiger partial charge in [0, 0.05) is 18.2 Å². The molecular formula is C24H52O7Si4. The number of carboxylic acids is 1. The van der Waals surface area contributed by atoms with Crippen LogP contribution in [-0.2, 0) is 26.7 Å². The lowest BCUT2D eigenvalue weighted by atomic mass is 10.1. The first-order valence-corrected chi connectivity index (χ1v) is 25.2. The van der Waals surface area contributed by atoms with Gasteiger partial charge in [0.25, 0.3) is 0 Å². The lowest BCUT2D eigenvalue weighted by molar-refractivity contribution is -0.144. The van der Waals surface area contributed by atoms with Gasteiger partial charge in [-0.1, -0.05) is 39.0 Å². The summed E-state index contributed by atoms with van der Waals surface area (Å²) in [7, 11) is -9.02. The topological polar surface area (TPSA) is 91.3 Å². The number of unbranched alkanes of at least 4 members (excludes halogenated alkanes) is 5. The molecule has 0 saturated carbocycles. The van der Waals surface area contributed by atoms with Gasteiger partial charge >= 0.3 is 20.7 Å². The molecule has 0 saturated heterocycles. The second-order valence-corrected chi connectivity index (χ2v) is 29.1. The molecule has 1 unspecified atom stereocenters. The van der Waals surface area contributed by atoms with Crippen LogP contribution in [0.1, 0.15) is 58.3 Å². The number of esters is 1. The minimum atomic E-state index is -3.04. The van der Waals surface area contributed by atoms with Crippen molar-refractivity contribution in [3.8, 4) is 0 Å². The number of carbonyl (C=O) groups is 2. The summed E-state index contributed by atoms with van der Waals surface area (Å²) in [5.41, 5.74) is 0. The van der Waals surface area contributed by atoms with Crippen LogP contribution in [0.4, 0.5) is 0 Å². The van der Waals surface area contributed by atoms with Crippen molar-refractivity contribution in [2.24, 2.45) is 0 Å². The molecule has 1 N–H and O–H groups in total. The van der Waals surface area contributed by atoms with Gasteiger partial charge in [-0.2, -0.15) is 0 Å². The second-order valence-electron chi connectivity index (χ2n) is 12.2. The van der Waals surface area contributed by atoms with Crippen molar-refractivity contribution in [1.82, 2.24) is 0 Å². The van der Waals surface area contributed by atoms with E-state index in [2.05, 4.69) is 65.8 Å². The highest BCUT2D eigenvalue weighted by atomic mass is 28.5. The van der Waals surface area contributed by atoms with E-state index in [4.69, 9.17) is 22.2 Å². The molecule has 0 bridgehead atoms. The van der Waals surface area contributed by atoms with Crippen LogP contribution < -0.4 is 0 Å². The van der Waals surface area contributed by atoms with Crippen LogP contribution in [0.2, 0.25) is 65.0 Å². The van der Waals surface area contributed by atoms with Gasteiger partial charge in [-0.05, 0) is 78.2 Å². The van der Waals surface area contributed by atoms with Crippen molar-refractivity contribution in [2.45, 2.75) is 129 Å². The third-order valence-corrected chi connectivity index (χ3v) is 16.7. The first-order valence-electron chi connectivity index (χ1n) is 13.1. The van der Waals surface area contributed by atoms with Gasteiger partial charge in [0.15, 0.2) is 25.0 Å². The van der Waals surface area contributed by atoms with Gasteiger partial charge in [-0.3, -0.25) is 0 Å². The zero-order valence-corrected chi connectivity index (χ0v) is 28.0. The van der Waals surface area contributed by atoms with Gasteiger partial charge in [0.05, 0.1) is 0 Å². The van der Waals surface area contributed by atoms with Crippen molar-refractivity contribution in [1.29, 1.82) is 0 Å². The standard InChI is InChI=1S/C24H52O7Si4/c1-11-12-13-14-15-16-17-22(28-24(27)19-18-23(25)26)20-21-35(29-32(2,3)4,30-33(5,6)7)31-34(8,9)10/h18-19,22H,11-17,20-21H2,1-10H3,(H,25,26). The van der Waals surface area contributed by atoms with Crippen LogP contribution in [0, 0.1) is 0 Å². The Morgan fingerprint density at radius 1 is 0.714 bits per heavy atom. The molecule has 0 rings (SSSR count). The predicted molar refractivity (Wildman–Crippen MR) is 153 cm³/mol.